The number of methoxy groups -OCH3 is 2. The minimum absolute atomic E-state index is 0.270. The Morgan fingerprint density at radius 2 is 1.04 bits per heavy atom. The van der Waals surface area contributed by atoms with Crippen LogP contribution in [-0.2, 0) is 19.1 Å². The first-order valence-corrected chi connectivity index (χ1v) is 20.1. The van der Waals surface area contributed by atoms with Crippen molar-refractivity contribution in [1.82, 2.24) is 0 Å². The zero-order valence-corrected chi connectivity index (χ0v) is 33.9. The Balaban J connectivity index is 0.000000566. The van der Waals surface area contributed by atoms with E-state index in [0.29, 0.717) is 44.9 Å². The molecule has 0 aromatic heterocycles. The van der Waals surface area contributed by atoms with Crippen LogP contribution in [0.25, 0.3) is 18.2 Å². The first-order chi connectivity index (χ1) is 27.0. The van der Waals surface area contributed by atoms with E-state index in [1.54, 1.807) is 30.4 Å². The number of rotatable bonds is 26. The third-order valence-corrected chi connectivity index (χ3v) is 9.21. The van der Waals surface area contributed by atoms with Gasteiger partial charge >= 0.3 is 11.9 Å². The molecule has 2 aromatic carbocycles. The highest BCUT2D eigenvalue weighted by atomic mass is 16.5. The molecule has 312 valence electrons. The Hall–Kier alpha value is -3.90. The van der Waals surface area contributed by atoms with Gasteiger partial charge in [-0.05, 0) is 60.8 Å². The van der Waals surface area contributed by atoms with E-state index in [1.165, 1.54) is 14.2 Å². The number of aliphatic hydroxyl groups excluding tert-OH is 6. The Morgan fingerprint density at radius 1 is 0.554 bits per heavy atom. The smallest absolute Gasteiger partial charge is 0.305 e. The summed E-state index contributed by atoms with van der Waals surface area (Å²) in [5.74, 6) is -0.557. The number of carbonyl (C=O) groups excluding carboxylic acids is 2. The highest BCUT2D eigenvalue weighted by Crippen LogP contribution is 2.24. The highest BCUT2D eigenvalue weighted by molar-refractivity contribution is 5.69. The fraction of sp³-hybridized carbons (Fsp3) is 0.522. The molecule has 0 saturated carbocycles. The SMILES string of the molecule is CCCCC[C@H](O)[C@H](O)/C=C/C=C/c1ccccc1/C=C/[C@@H](O)CCCC(=O)OC.CCCCC[C@H](O)[C@H](O)/C=C/c1ccccc1[C@@H](O)CCCC(=O)OC. The molecule has 6 N–H and O–H groups in total. The molecule has 0 unspecified atom stereocenters. The molecule has 0 aliphatic rings. The van der Waals surface area contributed by atoms with Gasteiger partial charge in [0.1, 0.15) is 0 Å². The summed E-state index contributed by atoms with van der Waals surface area (Å²) in [6.45, 7) is 4.20. The Bertz CT molecular complexity index is 1470. The van der Waals surface area contributed by atoms with E-state index in [4.69, 9.17) is 0 Å². The zero-order chi connectivity index (χ0) is 41.6. The van der Waals surface area contributed by atoms with Crippen LogP contribution in [0.1, 0.15) is 132 Å². The van der Waals surface area contributed by atoms with Crippen LogP contribution in [0.2, 0.25) is 0 Å². The third kappa shape index (κ3) is 22.6. The van der Waals surface area contributed by atoms with Crippen molar-refractivity contribution >= 4 is 30.2 Å². The number of carbonyl (C=O) groups is 2. The van der Waals surface area contributed by atoms with Crippen LogP contribution in [0.15, 0.2) is 78.9 Å². The van der Waals surface area contributed by atoms with Gasteiger partial charge in [-0.25, -0.2) is 0 Å². The molecule has 0 spiro atoms. The molecule has 2 aromatic rings. The molecule has 0 saturated heterocycles. The maximum atomic E-state index is 11.2. The Kier molecular flexibility index (Phi) is 27.9. The van der Waals surface area contributed by atoms with Crippen molar-refractivity contribution in [2.45, 2.75) is 140 Å². The fourth-order valence-corrected chi connectivity index (χ4v) is 5.69. The molecular weight excluding hydrogens is 712 g/mol. The molecule has 0 radical (unpaired) electrons. The van der Waals surface area contributed by atoms with Crippen molar-refractivity contribution in [3.63, 3.8) is 0 Å². The van der Waals surface area contributed by atoms with Gasteiger partial charge in [0.15, 0.2) is 0 Å². The molecule has 0 heterocycles. The monoisotopic (exact) mass is 780 g/mol. The van der Waals surface area contributed by atoms with Gasteiger partial charge in [-0.1, -0.05) is 150 Å². The number of hydrogen-bond donors (Lipinski definition) is 6. The van der Waals surface area contributed by atoms with Crippen LogP contribution in [0.5, 0.6) is 0 Å². The molecule has 6 atom stereocenters. The number of esters is 2. The van der Waals surface area contributed by atoms with E-state index < -0.39 is 36.6 Å². The van der Waals surface area contributed by atoms with Crippen molar-refractivity contribution in [3.05, 3.63) is 101 Å². The lowest BCUT2D eigenvalue weighted by molar-refractivity contribution is -0.141. The fourth-order valence-electron chi connectivity index (χ4n) is 5.69. The van der Waals surface area contributed by atoms with E-state index in [0.717, 1.165) is 60.8 Å². The second-order valence-corrected chi connectivity index (χ2v) is 13.8. The maximum Gasteiger partial charge on any atom is 0.305 e. The van der Waals surface area contributed by atoms with Gasteiger partial charge in [0.2, 0.25) is 0 Å². The van der Waals surface area contributed by atoms with Crippen LogP contribution >= 0.6 is 0 Å². The first kappa shape index (κ1) is 50.1. The zero-order valence-electron chi connectivity index (χ0n) is 33.9. The second kappa shape index (κ2) is 31.2. The summed E-state index contributed by atoms with van der Waals surface area (Å²) in [6.07, 6.45) is 19.1. The van der Waals surface area contributed by atoms with Crippen LogP contribution in [0.3, 0.4) is 0 Å². The number of hydrogen-bond acceptors (Lipinski definition) is 10. The minimum Gasteiger partial charge on any atom is -0.469 e. The molecule has 10 heteroatoms. The Morgan fingerprint density at radius 3 is 1.59 bits per heavy atom. The topological polar surface area (TPSA) is 174 Å². The summed E-state index contributed by atoms with van der Waals surface area (Å²) in [5, 5.41) is 60.5. The van der Waals surface area contributed by atoms with Crippen LogP contribution in [-0.4, -0.2) is 87.3 Å². The minimum atomic E-state index is -0.934. The number of aliphatic hydroxyl groups is 6. The van der Waals surface area contributed by atoms with E-state index in [-0.39, 0.29) is 18.4 Å². The highest BCUT2D eigenvalue weighted by Gasteiger charge is 2.15. The normalized spacial score (nSPS) is 15.0. The summed E-state index contributed by atoms with van der Waals surface area (Å²) < 4.78 is 9.19. The number of unbranched alkanes of at least 4 members (excludes halogenated alkanes) is 4. The lowest BCUT2D eigenvalue weighted by Gasteiger charge is -2.16. The molecular formula is C46H68O10. The van der Waals surface area contributed by atoms with E-state index >= 15 is 0 Å². The van der Waals surface area contributed by atoms with Gasteiger partial charge in [-0.15, -0.1) is 0 Å². The van der Waals surface area contributed by atoms with Gasteiger partial charge in [0.05, 0.1) is 50.8 Å². The van der Waals surface area contributed by atoms with E-state index in [1.807, 2.05) is 66.8 Å². The summed E-state index contributed by atoms with van der Waals surface area (Å²) in [4.78, 5) is 22.3. The van der Waals surface area contributed by atoms with Crippen molar-refractivity contribution in [1.29, 1.82) is 0 Å². The molecule has 0 aliphatic carbocycles. The third-order valence-electron chi connectivity index (χ3n) is 9.21. The van der Waals surface area contributed by atoms with Crippen LogP contribution in [0, 0.1) is 0 Å². The van der Waals surface area contributed by atoms with Crippen molar-refractivity contribution in [2.24, 2.45) is 0 Å². The lowest BCUT2D eigenvalue weighted by atomic mass is 9.97. The van der Waals surface area contributed by atoms with Crippen molar-refractivity contribution < 1.29 is 49.7 Å². The standard InChI is InChI=1S/C25H36O5.C21H32O5/c1-3-4-5-15-23(27)24(28)16-9-8-12-20-11-6-7-13-21(20)18-19-22(26)14-10-17-25(29)30-2;1-3-4-5-11-19(23)20(24)15-14-16-9-6-7-10-17(16)18(22)12-8-13-21(25)26-2/h6-9,11-13,16,18-19,22-24,26-28H,3-5,10,14-15,17H2,1-2H3;6-7,9-10,14-15,18-20,22-24H,3-5,8,11-13H2,1-2H3/b12-8+,16-9+,19-18+;15-14+/t22-,23-,24+;18-,19-,20+/m00/s1. The number of ether oxygens (including phenoxy) is 2. The molecule has 0 bridgehead atoms. The number of benzene rings is 2. The van der Waals surface area contributed by atoms with Gasteiger partial charge < -0.3 is 40.1 Å². The molecule has 0 fully saturated rings. The van der Waals surface area contributed by atoms with Gasteiger partial charge in [-0.3, -0.25) is 9.59 Å². The second-order valence-electron chi connectivity index (χ2n) is 13.8. The largest absolute Gasteiger partial charge is 0.469 e. The molecule has 0 amide bonds. The predicted octanol–water partition coefficient (Wildman–Crippen LogP) is 7.65. The summed E-state index contributed by atoms with van der Waals surface area (Å²) in [7, 11) is 2.70. The molecule has 56 heavy (non-hydrogen) atoms. The quantitative estimate of drug-likeness (QED) is 0.0316. The summed E-state index contributed by atoms with van der Waals surface area (Å²) in [5.41, 5.74) is 3.45. The Labute approximate surface area is 334 Å². The predicted molar refractivity (Wildman–Crippen MR) is 224 cm³/mol. The molecule has 0 aliphatic heterocycles. The van der Waals surface area contributed by atoms with Gasteiger partial charge in [0, 0.05) is 12.8 Å². The van der Waals surface area contributed by atoms with Crippen molar-refractivity contribution in [3.8, 4) is 0 Å². The van der Waals surface area contributed by atoms with E-state index in [9.17, 15) is 40.2 Å². The molecule has 2 rings (SSSR count). The lowest BCUT2D eigenvalue weighted by Crippen LogP contribution is -2.23. The average molecular weight is 781 g/mol. The average Bonchev–Trinajstić information content (AvgIpc) is 3.21. The molecule has 10 nitrogen and oxygen atoms in total. The number of allylic oxidation sites excluding steroid dienone is 2. The van der Waals surface area contributed by atoms with Crippen LogP contribution in [0.4, 0.5) is 0 Å². The van der Waals surface area contributed by atoms with Crippen LogP contribution < -0.4 is 0 Å². The van der Waals surface area contributed by atoms with E-state index in [2.05, 4.69) is 23.3 Å². The first-order valence-electron chi connectivity index (χ1n) is 20.1. The van der Waals surface area contributed by atoms with Gasteiger partial charge in [-0.2, -0.15) is 0 Å². The van der Waals surface area contributed by atoms with Crippen molar-refractivity contribution in [2.75, 3.05) is 14.2 Å². The summed E-state index contributed by atoms with van der Waals surface area (Å²) in [6, 6.07) is 15.1. The summed E-state index contributed by atoms with van der Waals surface area (Å²) >= 11 is 0. The van der Waals surface area contributed by atoms with Gasteiger partial charge in [0.25, 0.3) is 0 Å². The maximum absolute atomic E-state index is 11.2.